The molecule has 0 saturated carbocycles. The monoisotopic (exact) mass is 426 g/mol. The van der Waals surface area contributed by atoms with Crippen molar-refractivity contribution < 1.29 is 14.3 Å². The van der Waals surface area contributed by atoms with E-state index in [4.69, 9.17) is 9.47 Å². The van der Waals surface area contributed by atoms with Gasteiger partial charge in [0.2, 0.25) is 5.91 Å². The maximum atomic E-state index is 12.7. The second-order valence-electron chi connectivity index (χ2n) is 7.22. The zero-order valence-corrected chi connectivity index (χ0v) is 18.1. The topological polar surface area (TPSA) is 76.6 Å². The summed E-state index contributed by atoms with van der Waals surface area (Å²) >= 11 is 1.61. The van der Waals surface area contributed by atoms with Crippen molar-refractivity contribution in [1.82, 2.24) is 15.3 Å². The second-order valence-corrected chi connectivity index (χ2v) is 8.18. The molecule has 2 aromatic heterocycles. The van der Waals surface area contributed by atoms with Crippen molar-refractivity contribution in [3.8, 4) is 11.5 Å². The summed E-state index contributed by atoms with van der Waals surface area (Å²) in [4.78, 5) is 24.9. The molecule has 1 aliphatic heterocycles. The fourth-order valence-electron chi connectivity index (χ4n) is 3.66. The summed E-state index contributed by atoms with van der Waals surface area (Å²) in [7, 11) is 1.62. The summed E-state index contributed by atoms with van der Waals surface area (Å²) in [6, 6.07) is 9.64. The Morgan fingerprint density at radius 1 is 1.27 bits per heavy atom. The first kappa shape index (κ1) is 20.4. The summed E-state index contributed by atoms with van der Waals surface area (Å²) < 4.78 is 10.9. The first-order chi connectivity index (χ1) is 14.7. The molecule has 158 valence electrons. The maximum absolute atomic E-state index is 12.7. The van der Waals surface area contributed by atoms with E-state index >= 15 is 0 Å². The number of anilines is 1. The highest BCUT2D eigenvalue weighted by Gasteiger charge is 2.26. The van der Waals surface area contributed by atoms with Gasteiger partial charge in [-0.15, -0.1) is 0 Å². The van der Waals surface area contributed by atoms with Gasteiger partial charge in [-0.25, -0.2) is 9.97 Å². The predicted octanol–water partition coefficient (Wildman–Crippen LogP) is 3.63. The van der Waals surface area contributed by atoms with Crippen LogP contribution in [0.3, 0.4) is 0 Å². The Morgan fingerprint density at radius 2 is 2.10 bits per heavy atom. The van der Waals surface area contributed by atoms with Crippen molar-refractivity contribution in [1.29, 1.82) is 0 Å². The largest absolute Gasteiger partial charge is 0.493 e. The smallest absolute Gasteiger partial charge is 0.223 e. The third kappa shape index (κ3) is 4.48. The van der Waals surface area contributed by atoms with E-state index in [-0.39, 0.29) is 11.8 Å². The van der Waals surface area contributed by atoms with Crippen molar-refractivity contribution in [2.24, 2.45) is 5.92 Å². The van der Waals surface area contributed by atoms with E-state index in [0.717, 1.165) is 47.0 Å². The number of ether oxygens (including phenoxy) is 2. The molecule has 0 aliphatic carbocycles. The number of aromatic nitrogens is 2. The van der Waals surface area contributed by atoms with Gasteiger partial charge in [0.15, 0.2) is 16.6 Å². The summed E-state index contributed by atoms with van der Waals surface area (Å²) in [5, 5.41) is 4.06. The number of nitrogens with one attached hydrogen (secondary N) is 1. The fraction of sp³-hybridized carbons (Fsp3) is 0.409. The van der Waals surface area contributed by atoms with Crippen LogP contribution in [0, 0.1) is 5.92 Å². The van der Waals surface area contributed by atoms with Crippen molar-refractivity contribution >= 4 is 32.7 Å². The Balaban J connectivity index is 1.30. The van der Waals surface area contributed by atoms with Gasteiger partial charge in [0.25, 0.3) is 0 Å². The SMILES string of the molecule is CCOc1ccc(CNC(=O)C2CCN(c3nc4cccnc4s3)CC2)cc1OC. The van der Waals surface area contributed by atoms with Gasteiger partial charge in [-0.2, -0.15) is 0 Å². The molecule has 1 saturated heterocycles. The lowest BCUT2D eigenvalue weighted by molar-refractivity contribution is -0.125. The van der Waals surface area contributed by atoms with Crippen molar-refractivity contribution in [2.75, 3.05) is 31.7 Å². The van der Waals surface area contributed by atoms with Crippen LogP contribution in [-0.2, 0) is 11.3 Å². The molecule has 0 unspecified atom stereocenters. The quantitative estimate of drug-likeness (QED) is 0.622. The number of piperidine rings is 1. The number of hydrogen-bond donors (Lipinski definition) is 1. The highest BCUT2D eigenvalue weighted by molar-refractivity contribution is 7.21. The highest BCUT2D eigenvalue weighted by atomic mass is 32.1. The van der Waals surface area contributed by atoms with Gasteiger partial charge in [0.1, 0.15) is 10.3 Å². The third-order valence-electron chi connectivity index (χ3n) is 5.29. The first-order valence-corrected chi connectivity index (χ1v) is 11.0. The number of thiazole rings is 1. The van der Waals surface area contributed by atoms with E-state index in [9.17, 15) is 4.79 Å². The van der Waals surface area contributed by atoms with Gasteiger partial charge < -0.3 is 19.7 Å². The minimum Gasteiger partial charge on any atom is -0.493 e. The molecule has 1 fully saturated rings. The lowest BCUT2D eigenvalue weighted by Crippen LogP contribution is -2.40. The van der Waals surface area contributed by atoms with Crippen LogP contribution in [0.15, 0.2) is 36.5 Å². The molecule has 0 radical (unpaired) electrons. The van der Waals surface area contributed by atoms with Gasteiger partial charge in [0.05, 0.1) is 13.7 Å². The number of fused-ring (bicyclic) bond motifs is 1. The van der Waals surface area contributed by atoms with E-state index in [1.54, 1.807) is 24.6 Å². The zero-order valence-electron chi connectivity index (χ0n) is 17.3. The summed E-state index contributed by atoms with van der Waals surface area (Å²) in [6.07, 6.45) is 3.43. The molecule has 1 amide bonds. The van der Waals surface area contributed by atoms with Crippen molar-refractivity contribution in [3.05, 3.63) is 42.1 Å². The van der Waals surface area contributed by atoms with Crippen molar-refractivity contribution in [3.63, 3.8) is 0 Å². The Bertz CT molecular complexity index is 982. The van der Waals surface area contributed by atoms with Gasteiger partial charge in [-0.1, -0.05) is 17.4 Å². The zero-order chi connectivity index (χ0) is 20.9. The molecule has 0 spiro atoms. The molecular formula is C22H26N4O3S. The number of rotatable bonds is 7. The van der Waals surface area contributed by atoms with E-state index < -0.39 is 0 Å². The molecule has 1 aromatic carbocycles. The molecule has 3 heterocycles. The van der Waals surface area contributed by atoms with Crippen LogP contribution < -0.4 is 19.7 Å². The second kappa shape index (κ2) is 9.30. The van der Waals surface area contributed by atoms with Gasteiger partial charge in [0, 0.05) is 31.7 Å². The van der Waals surface area contributed by atoms with Gasteiger partial charge in [-0.3, -0.25) is 4.79 Å². The Kier molecular flexibility index (Phi) is 6.32. The van der Waals surface area contributed by atoms with E-state index in [2.05, 4.69) is 20.2 Å². The van der Waals surface area contributed by atoms with Crippen LogP contribution in [0.25, 0.3) is 10.3 Å². The van der Waals surface area contributed by atoms with Crippen LogP contribution in [0.5, 0.6) is 11.5 Å². The lowest BCUT2D eigenvalue weighted by Gasteiger charge is -2.31. The summed E-state index contributed by atoms with van der Waals surface area (Å²) in [5.41, 5.74) is 1.92. The first-order valence-electron chi connectivity index (χ1n) is 10.2. The average Bonchev–Trinajstić information content (AvgIpc) is 3.23. The highest BCUT2D eigenvalue weighted by Crippen LogP contribution is 2.31. The van der Waals surface area contributed by atoms with Gasteiger partial charge >= 0.3 is 0 Å². The van der Waals surface area contributed by atoms with Crippen LogP contribution in [0.4, 0.5) is 5.13 Å². The van der Waals surface area contributed by atoms with Crippen LogP contribution in [0.2, 0.25) is 0 Å². The van der Waals surface area contributed by atoms with Crippen LogP contribution in [0.1, 0.15) is 25.3 Å². The molecular weight excluding hydrogens is 400 g/mol. The predicted molar refractivity (Wildman–Crippen MR) is 118 cm³/mol. The normalized spacial score (nSPS) is 14.7. The Morgan fingerprint density at radius 3 is 2.83 bits per heavy atom. The number of benzene rings is 1. The molecule has 8 heteroatoms. The standard InChI is InChI=1S/C22H26N4O3S/c1-3-29-18-7-6-15(13-19(18)28-2)14-24-20(27)16-8-11-26(12-9-16)22-25-17-5-4-10-23-21(17)30-22/h4-7,10,13,16H,3,8-9,11-12,14H2,1-2H3,(H,24,27). The molecule has 1 N–H and O–H groups in total. The fourth-order valence-corrected chi connectivity index (χ4v) is 4.62. The summed E-state index contributed by atoms with van der Waals surface area (Å²) in [6.45, 7) is 4.65. The number of hydrogen-bond acceptors (Lipinski definition) is 7. The average molecular weight is 427 g/mol. The van der Waals surface area contributed by atoms with Crippen LogP contribution in [-0.4, -0.2) is 42.7 Å². The maximum Gasteiger partial charge on any atom is 0.223 e. The van der Waals surface area contributed by atoms with E-state index in [1.165, 1.54) is 0 Å². The van der Waals surface area contributed by atoms with E-state index in [0.29, 0.717) is 24.7 Å². The number of nitrogens with zero attached hydrogens (tertiary/aromatic N) is 3. The number of methoxy groups -OCH3 is 1. The third-order valence-corrected chi connectivity index (χ3v) is 6.33. The minimum atomic E-state index is 0.0262. The molecule has 1 aliphatic rings. The lowest BCUT2D eigenvalue weighted by atomic mass is 9.96. The van der Waals surface area contributed by atoms with E-state index in [1.807, 2.05) is 37.3 Å². The molecule has 3 aromatic rings. The molecule has 0 bridgehead atoms. The Labute approximate surface area is 180 Å². The molecule has 30 heavy (non-hydrogen) atoms. The molecule has 7 nitrogen and oxygen atoms in total. The van der Waals surface area contributed by atoms with Crippen LogP contribution >= 0.6 is 11.3 Å². The number of amides is 1. The number of carbonyl (C=O) groups is 1. The van der Waals surface area contributed by atoms with Crippen molar-refractivity contribution in [2.45, 2.75) is 26.3 Å². The molecule has 4 rings (SSSR count). The van der Waals surface area contributed by atoms with Gasteiger partial charge in [-0.05, 0) is 49.6 Å². The minimum absolute atomic E-state index is 0.0262. The number of pyridine rings is 1. The molecule has 0 atom stereocenters. The summed E-state index contributed by atoms with van der Waals surface area (Å²) in [5.74, 6) is 1.53. The number of carbonyl (C=O) groups excluding carboxylic acids is 1. The Hall–Kier alpha value is -2.87.